The normalized spacial score (nSPS) is 26.0. The number of hydrogen-bond donors (Lipinski definition) is 0. The zero-order valence-corrected chi connectivity index (χ0v) is 17.3. The Bertz CT molecular complexity index is 854. The molecule has 0 unspecified atom stereocenters. The number of rotatable bonds is 5. The van der Waals surface area contributed by atoms with Crippen LogP contribution in [0, 0.1) is 19.8 Å². The van der Waals surface area contributed by atoms with Gasteiger partial charge in [-0.3, -0.25) is 4.98 Å². The highest BCUT2D eigenvalue weighted by molar-refractivity contribution is 5.29. The van der Waals surface area contributed by atoms with Crippen LogP contribution in [0.2, 0.25) is 0 Å². The van der Waals surface area contributed by atoms with Crippen LogP contribution < -0.4 is 4.74 Å². The lowest BCUT2D eigenvalue weighted by Gasteiger charge is -2.35. The predicted molar refractivity (Wildman–Crippen MR) is 108 cm³/mol. The highest BCUT2D eigenvalue weighted by atomic mass is 16.7. The van der Waals surface area contributed by atoms with Gasteiger partial charge in [-0.15, -0.1) is 0 Å². The molecule has 2 saturated carbocycles. The predicted octanol–water partition coefficient (Wildman–Crippen LogP) is 4.07. The molecule has 3 heterocycles. The third-order valence-electron chi connectivity index (χ3n) is 6.57. The van der Waals surface area contributed by atoms with Gasteiger partial charge in [-0.05, 0) is 50.7 Å². The van der Waals surface area contributed by atoms with Crippen molar-refractivity contribution in [2.75, 3.05) is 19.8 Å². The third-order valence-corrected chi connectivity index (χ3v) is 6.57. The summed E-state index contributed by atoms with van der Waals surface area (Å²) in [4.78, 5) is 13.7. The van der Waals surface area contributed by atoms with E-state index in [1.165, 1.54) is 11.3 Å². The van der Waals surface area contributed by atoms with Crippen molar-refractivity contribution in [1.82, 2.24) is 15.0 Å². The average molecular weight is 396 g/mol. The Morgan fingerprint density at radius 3 is 2.59 bits per heavy atom. The van der Waals surface area contributed by atoms with Crippen LogP contribution in [0.1, 0.15) is 66.6 Å². The Labute approximate surface area is 172 Å². The van der Waals surface area contributed by atoms with Crippen molar-refractivity contribution in [2.24, 2.45) is 5.92 Å². The van der Waals surface area contributed by atoms with E-state index in [0.717, 1.165) is 49.4 Å². The molecule has 3 aliphatic rings. The van der Waals surface area contributed by atoms with E-state index in [1.54, 1.807) is 0 Å². The topological polar surface area (TPSA) is 66.4 Å². The molecular weight excluding hydrogens is 366 g/mol. The van der Waals surface area contributed by atoms with Crippen LogP contribution in [-0.2, 0) is 9.47 Å². The zero-order valence-electron chi connectivity index (χ0n) is 17.3. The van der Waals surface area contributed by atoms with E-state index in [-0.39, 0.29) is 5.79 Å². The average Bonchev–Trinajstić information content (AvgIpc) is 3.38. The molecule has 6 nitrogen and oxygen atoms in total. The Morgan fingerprint density at radius 2 is 1.86 bits per heavy atom. The first-order valence-electron chi connectivity index (χ1n) is 10.8. The molecule has 0 aromatic carbocycles. The van der Waals surface area contributed by atoms with Crippen molar-refractivity contribution in [3.8, 4) is 5.88 Å². The van der Waals surface area contributed by atoms with E-state index < -0.39 is 0 Å². The number of aromatic nitrogens is 3. The van der Waals surface area contributed by atoms with Crippen LogP contribution in [0.3, 0.4) is 0 Å². The summed E-state index contributed by atoms with van der Waals surface area (Å²) in [6.07, 6.45) is 8.93. The molecule has 5 rings (SSSR count). The van der Waals surface area contributed by atoms with Gasteiger partial charge in [0, 0.05) is 48.3 Å². The maximum absolute atomic E-state index is 6.25. The van der Waals surface area contributed by atoms with Crippen LogP contribution >= 0.6 is 0 Å². The molecule has 2 atom stereocenters. The number of ether oxygens (including phenoxy) is 3. The van der Waals surface area contributed by atoms with E-state index in [1.807, 2.05) is 19.3 Å². The molecule has 0 amide bonds. The molecule has 1 saturated heterocycles. The fourth-order valence-electron chi connectivity index (χ4n) is 4.69. The molecule has 1 spiro atoms. The largest absolute Gasteiger partial charge is 0.477 e. The Hall–Kier alpha value is -2.05. The van der Waals surface area contributed by atoms with Crippen LogP contribution in [0.25, 0.3) is 0 Å². The standard InChI is InChI=1S/C23H29N3O3/c1-15-3-4-21(25-12-15)19-11-18(19)14-27-22-20(13-24-16(2)26-22)17-5-7-23(8-6-17)28-9-10-29-23/h3-4,12-13,17-19H,5-11,14H2,1-2H3/t18-,19+/m1/s1. The molecule has 2 aromatic heterocycles. The molecule has 1 aliphatic heterocycles. The van der Waals surface area contributed by atoms with Crippen LogP contribution in [0.5, 0.6) is 5.88 Å². The summed E-state index contributed by atoms with van der Waals surface area (Å²) in [6.45, 7) is 6.10. The second kappa shape index (κ2) is 7.65. The maximum atomic E-state index is 6.25. The summed E-state index contributed by atoms with van der Waals surface area (Å²) in [5, 5.41) is 0. The molecule has 2 aromatic rings. The molecular formula is C23H29N3O3. The Kier molecular flexibility index (Phi) is 5.00. The van der Waals surface area contributed by atoms with Gasteiger partial charge in [0.1, 0.15) is 5.82 Å². The number of pyridine rings is 1. The van der Waals surface area contributed by atoms with Crippen molar-refractivity contribution >= 4 is 0 Å². The summed E-state index contributed by atoms with van der Waals surface area (Å²) >= 11 is 0. The lowest BCUT2D eigenvalue weighted by atomic mass is 9.81. The van der Waals surface area contributed by atoms with Crippen LogP contribution in [0.4, 0.5) is 0 Å². The quantitative estimate of drug-likeness (QED) is 0.760. The Balaban J connectivity index is 1.23. The van der Waals surface area contributed by atoms with E-state index in [9.17, 15) is 0 Å². The number of hydrogen-bond acceptors (Lipinski definition) is 6. The van der Waals surface area contributed by atoms with Crippen LogP contribution in [-0.4, -0.2) is 40.6 Å². The van der Waals surface area contributed by atoms with Crippen molar-refractivity contribution < 1.29 is 14.2 Å². The van der Waals surface area contributed by atoms with Crippen molar-refractivity contribution in [3.05, 3.63) is 47.2 Å². The second-order valence-corrected chi connectivity index (χ2v) is 8.73. The van der Waals surface area contributed by atoms with Crippen molar-refractivity contribution in [3.63, 3.8) is 0 Å². The van der Waals surface area contributed by atoms with Gasteiger partial charge in [0.05, 0.1) is 19.8 Å². The van der Waals surface area contributed by atoms with Crippen molar-refractivity contribution in [1.29, 1.82) is 0 Å². The van der Waals surface area contributed by atoms with Gasteiger partial charge in [-0.1, -0.05) is 6.07 Å². The lowest BCUT2D eigenvalue weighted by Crippen LogP contribution is -2.34. The van der Waals surface area contributed by atoms with E-state index in [4.69, 9.17) is 14.2 Å². The highest BCUT2D eigenvalue weighted by Crippen LogP contribution is 2.48. The van der Waals surface area contributed by atoms with Gasteiger partial charge in [-0.2, -0.15) is 4.98 Å². The molecule has 2 aliphatic carbocycles. The summed E-state index contributed by atoms with van der Waals surface area (Å²) in [6, 6.07) is 4.28. The second-order valence-electron chi connectivity index (χ2n) is 8.73. The van der Waals surface area contributed by atoms with E-state index >= 15 is 0 Å². The monoisotopic (exact) mass is 395 g/mol. The first-order chi connectivity index (χ1) is 14.1. The third kappa shape index (κ3) is 4.01. The molecule has 0 bridgehead atoms. The van der Waals surface area contributed by atoms with Gasteiger partial charge in [0.25, 0.3) is 0 Å². The highest BCUT2D eigenvalue weighted by Gasteiger charge is 2.42. The minimum atomic E-state index is -0.342. The molecule has 0 radical (unpaired) electrons. The summed E-state index contributed by atoms with van der Waals surface area (Å²) in [5.74, 6) is 2.60. The fourth-order valence-corrected chi connectivity index (χ4v) is 4.69. The van der Waals surface area contributed by atoms with Gasteiger partial charge in [-0.25, -0.2) is 4.98 Å². The number of aryl methyl sites for hydroxylation is 2. The molecule has 29 heavy (non-hydrogen) atoms. The summed E-state index contributed by atoms with van der Waals surface area (Å²) < 4.78 is 18.0. The van der Waals surface area contributed by atoms with Gasteiger partial charge >= 0.3 is 0 Å². The zero-order chi connectivity index (χ0) is 19.8. The minimum Gasteiger partial charge on any atom is -0.477 e. The van der Waals surface area contributed by atoms with Gasteiger partial charge < -0.3 is 14.2 Å². The molecule has 3 fully saturated rings. The first-order valence-corrected chi connectivity index (χ1v) is 10.8. The summed E-state index contributed by atoms with van der Waals surface area (Å²) in [7, 11) is 0. The lowest BCUT2D eigenvalue weighted by molar-refractivity contribution is -0.178. The SMILES string of the molecule is Cc1ccc([C@H]2C[C@@H]2COc2nc(C)ncc2C2CCC3(CC2)OCCO3)nc1. The number of nitrogens with zero attached hydrogens (tertiary/aromatic N) is 3. The van der Waals surface area contributed by atoms with E-state index in [0.29, 0.717) is 37.6 Å². The maximum Gasteiger partial charge on any atom is 0.220 e. The minimum absolute atomic E-state index is 0.342. The summed E-state index contributed by atoms with van der Waals surface area (Å²) in [5.41, 5.74) is 3.51. The molecule has 6 heteroatoms. The molecule has 0 N–H and O–H groups in total. The smallest absolute Gasteiger partial charge is 0.220 e. The van der Waals surface area contributed by atoms with Crippen LogP contribution in [0.15, 0.2) is 24.5 Å². The van der Waals surface area contributed by atoms with Crippen molar-refractivity contribution in [2.45, 2.75) is 63.6 Å². The fraction of sp³-hybridized carbons (Fsp3) is 0.609. The van der Waals surface area contributed by atoms with Gasteiger partial charge in [0.15, 0.2) is 5.79 Å². The molecule has 154 valence electrons. The Morgan fingerprint density at radius 1 is 1.07 bits per heavy atom. The van der Waals surface area contributed by atoms with E-state index in [2.05, 4.69) is 34.0 Å². The van der Waals surface area contributed by atoms with Gasteiger partial charge in [0.2, 0.25) is 5.88 Å². The first kappa shape index (κ1) is 18.9.